The smallest absolute Gasteiger partial charge is 0.451 e. The SMILES string of the molecule is CC(=O)Nc1cccc(Cl)c1C(=O)N1CCOC(COc2ccnc(C(F)(F)F)n2)C1. The number of halogens is 4. The normalized spacial score (nSPS) is 16.7. The molecule has 1 aliphatic rings. The van der Waals surface area contributed by atoms with Gasteiger partial charge in [0, 0.05) is 25.7 Å². The van der Waals surface area contributed by atoms with Crippen molar-refractivity contribution in [2.24, 2.45) is 0 Å². The molecule has 0 aliphatic carbocycles. The molecule has 8 nitrogen and oxygen atoms in total. The monoisotopic (exact) mass is 458 g/mol. The Morgan fingerprint density at radius 2 is 2.13 bits per heavy atom. The van der Waals surface area contributed by atoms with Crippen LogP contribution in [0, 0.1) is 0 Å². The first-order chi connectivity index (χ1) is 14.6. The average molecular weight is 459 g/mol. The van der Waals surface area contributed by atoms with Crippen molar-refractivity contribution in [3.8, 4) is 5.88 Å². The number of nitrogens with one attached hydrogen (secondary N) is 1. The summed E-state index contributed by atoms with van der Waals surface area (Å²) >= 11 is 6.20. The molecular formula is C19H18ClF3N4O4. The minimum Gasteiger partial charge on any atom is -0.475 e. The molecule has 166 valence electrons. The van der Waals surface area contributed by atoms with Crippen LogP contribution in [0.1, 0.15) is 23.1 Å². The van der Waals surface area contributed by atoms with Crippen LogP contribution < -0.4 is 10.1 Å². The standard InChI is InChI=1S/C19H18ClF3N4O4/c1-11(28)25-14-4-2-3-13(20)16(14)17(29)27-7-8-30-12(9-27)10-31-15-5-6-24-18(26-15)19(21,22)23/h2-6,12H,7-10H2,1H3,(H,25,28). The third-order valence-corrected chi connectivity index (χ3v) is 4.58. The molecule has 3 rings (SSSR count). The van der Waals surface area contributed by atoms with E-state index < -0.39 is 24.0 Å². The van der Waals surface area contributed by atoms with Crippen LogP contribution >= 0.6 is 11.6 Å². The second-order valence-electron chi connectivity index (χ2n) is 6.61. The minimum absolute atomic E-state index is 0.112. The number of carbonyl (C=O) groups excluding carboxylic acids is 2. The Labute approximate surface area is 180 Å². The molecule has 1 N–H and O–H groups in total. The minimum atomic E-state index is -4.69. The number of hydrogen-bond donors (Lipinski definition) is 1. The second kappa shape index (κ2) is 9.48. The van der Waals surface area contributed by atoms with E-state index in [0.29, 0.717) is 0 Å². The molecule has 1 atom stereocenters. The van der Waals surface area contributed by atoms with Crippen molar-refractivity contribution < 1.29 is 32.2 Å². The molecule has 0 radical (unpaired) electrons. The van der Waals surface area contributed by atoms with Gasteiger partial charge < -0.3 is 19.7 Å². The Bertz CT molecular complexity index is 973. The summed E-state index contributed by atoms with van der Waals surface area (Å²) in [5.74, 6) is -2.33. The first kappa shape index (κ1) is 22.8. The van der Waals surface area contributed by atoms with Crippen molar-refractivity contribution in [3.05, 3.63) is 46.9 Å². The van der Waals surface area contributed by atoms with E-state index >= 15 is 0 Å². The van der Waals surface area contributed by atoms with Gasteiger partial charge in [-0.25, -0.2) is 4.98 Å². The van der Waals surface area contributed by atoms with Crippen molar-refractivity contribution in [1.82, 2.24) is 14.9 Å². The maximum Gasteiger partial charge on any atom is 0.451 e. The Morgan fingerprint density at radius 1 is 1.35 bits per heavy atom. The van der Waals surface area contributed by atoms with Crippen molar-refractivity contribution in [2.75, 3.05) is 31.6 Å². The fourth-order valence-electron chi connectivity index (χ4n) is 2.94. The van der Waals surface area contributed by atoms with Crippen molar-refractivity contribution in [3.63, 3.8) is 0 Å². The molecule has 2 heterocycles. The maximum atomic E-state index is 13.0. The molecule has 0 saturated carbocycles. The van der Waals surface area contributed by atoms with E-state index in [1.54, 1.807) is 12.1 Å². The van der Waals surface area contributed by atoms with Gasteiger partial charge in [0.2, 0.25) is 17.6 Å². The molecule has 1 fully saturated rings. The molecule has 1 aromatic heterocycles. The summed E-state index contributed by atoms with van der Waals surface area (Å²) in [5, 5.41) is 2.75. The van der Waals surface area contributed by atoms with E-state index in [0.717, 1.165) is 6.20 Å². The Balaban J connectivity index is 1.68. The van der Waals surface area contributed by atoms with Gasteiger partial charge in [0.25, 0.3) is 5.91 Å². The Hall–Kier alpha value is -2.92. The molecule has 1 aliphatic heterocycles. The predicted molar refractivity (Wildman–Crippen MR) is 104 cm³/mol. The number of aromatic nitrogens is 2. The fourth-order valence-corrected chi connectivity index (χ4v) is 3.19. The van der Waals surface area contributed by atoms with Crippen LogP contribution in [-0.4, -0.2) is 59.1 Å². The topological polar surface area (TPSA) is 93.7 Å². The third kappa shape index (κ3) is 5.82. The predicted octanol–water partition coefficient (Wildman–Crippen LogP) is 3.03. The molecule has 0 bridgehead atoms. The lowest BCUT2D eigenvalue weighted by Crippen LogP contribution is -2.47. The molecule has 1 aromatic carbocycles. The second-order valence-corrected chi connectivity index (χ2v) is 7.02. The number of nitrogens with zero attached hydrogens (tertiary/aromatic N) is 3. The molecule has 2 aromatic rings. The summed E-state index contributed by atoms with van der Waals surface area (Å²) in [6, 6.07) is 5.91. The molecule has 12 heteroatoms. The van der Waals surface area contributed by atoms with Crippen molar-refractivity contribution in [1.29, 1.82) is 0 Å². The van der Waals surface area contributed by atoms with Crippen LogP contribution in [0.4, 0.5) is 18.9 Å². The number of alkyl halides is 3. The van der Waals surface area contributed by atoms with E-state index in [1.807, 2.05) is 0 Å². The lowest BCUT2D eigenvalue weighted by Gasteiger charge is -2.33. The molecule has 0 spiro atoms. The summed E-state index contributed by atoms with van der Waals surface area (Å²) in [5.41, 5.74) is 0.427. The van der Waals surface area contributed by atoms with E-state index in [1.165, 1.54) is 24.0 Å². The fraction of sp³-hybridized carbons (Fsp3) is 0.368. The number of morpholine rings is 1. The highest BCUT2D eigenvalue weighted by molar-refractivity contribution is 6.34. The highest BCUT2D eigenvalue weighted by atomic mass is 35.5. The lowest BCUT2D eigenvalue weighted by molar-refractivity contribution is -0.145. The number of hydrogen-bond acceptors (Lipinski definition) is 6. The highest BCUT2D eigenvalue weighted by Crippen LogP contribution is 2.28. The van der Waals surface area contributed by atoms with Crippen LogP contribution in [0.15, 0.2) is 30.5 Å². The Morgan fingerprint density at radius 3 is 2.84 bits per heavy atom. The molecule has 1 unspecified atom stereocenters. The zero-order valence-corrected chi connectivity index (χ0v) is 17.0. The Kier molecular flexibility index (Phi) is 6.96. The molecule has 2 amide bonds. The van der Waals surface area contributed by atoms with Gasteiger partial charge in [0.05, 0.1) is 29.4 Å². The van der Waals surface area contributed by atoms with Crippen LogP contribution in [0.25, 0.3) is 0 Å². The van der Waals surface area contributed by atoms with E-state index in [-0.39, 0.29) is 54.4 Å². The number of rotatable bonds is 5. The quantitative estimate of drug-likeness (QED) is 0.740. The lowest BCUT2D eigenvalue weighted by atomic mass is 10.1. The van der Waals surface area contributed by atoms with Crippen LogP contribution in [-0.2, 0) is 15.7 Å². The number of benzene rings is 1. The first-order valence-electron chi connectivity index (χ1n) is 9.15. The highest BCUT2D eigenvalue weighted by Gasteiger charge is 2.35. The number of anilines is 1. The van der Waals surface area contributed by atoms with Crippen LogP contribution in [0.3, 0.4) is 0 Å². The summed E-state index contributed by atoms with van der Waals surface area (Å²) in [4.78, 5) is 32.5. The maximum absolute atomic E-state index is 13.0. The third-order valence-electron chi connectivity index (χ3n) is 4.26. The number of amides is 2. The summed E-state index contributed by atoms with van der Waals surface area (Å²) in [6.45, 7) is 1.76. The number of carbonyl (C=O) groups is 2. The van der Waals surface area contributed by atoms with Crippen LogP contribution in [0.5, 0.6) is 5.88 Å². The first-order valence-corrected chi connectivity index (χ1v) is 9.53. The van der Waals surface area contributed by atoms with Gasteiger partial charge in [-0.15, -0.1) is 0 Å². The number of ether oxygens (including phenoxy) is 2. The van der Waals surface area contributed by atoms with Crippen molar-refractivity contribution in [2.45, 2.75) is 19.2 Å². The molecular weight excluding hydrogens is 441 g/mol. The molecule has 31 heavy (non-hydrogen) atoms. The van der Waals surface area contributed by atoms with Gasteiger partial charge in [-0.2, -0.15) is 18.2 Å². The zero-order chi connectivity index (χ0) is 22.6. The summed E-state index contributed by atoms with van der Waals surface area (Å²) < 4.78 is 49.0. The van der Waals surface area contributed by atoms with Gasteiger partial charge >= 0.3 is 6.18 Å². The summed E-state index contributed by atoms with van der Waals surface area (Å²) in [6.07, 6.45) is -4.34. The van der Waals surface area contributed by atoms with E-state index in [9.17, 15) is 22.8 Å². The van der Waals surface area contributed by atoms with Gasteiger partial charge in [0.1, 0.15) is 12.7 Å². The van der Waals surface area contributed by atoms with E-state index in [4.69, 9.17) is 21.1 Å². The van der Waals surface area contributed by atoms with Gasteiger partial charge in [-0.3, -0.25) is 9.59 Å². The van der Waals surface area contributed by atoms with Crippen molar-refractivity contribution >= 4 is 29.1 Å². The molecule has 1 saturated heterocycles. The summed E-state index contributed by atoms with van der Waals surface area (Å²) in [7, 11) is 0. The van der Waals surface area contributed by atoms with Crippen LogP contribution in [0.2, 0.25) is 5.02 Å². The van der Waals surface area contributed by atoms with Gasteiger partial charge in [-0.05, 0) is 12.1 Å². The largest absolute Gasteiger partial charge is 0.475 e. The average Bonchev–Trinajstić information content (AvgIpc) is 2.71. The van der Waals surface area contributed by atoms with Gasteiger partial charge in [0.15, 0.2) is 0 Å². The zero-order valence-electron chi connectivity index (χ0n) is 16.3. The van der Waals surface area contributed by atoms with Gasteiger partial charge in [-0.1, -0.05) is 17.7 Å². The van der Waals surface area contributed by atoms with E-state index in [2.05, 4.69) is 15.3 Å².